The Kier molecular flexibility index (Phi) is 7.19. The standard InChI is InChI=1S/C17H21F3N6/c1-21-16(26-12-14-5-2-3-8-22-14)24-10-4-9-23-15-7-6-13(11-25-15)17(18,19)20/h2-3,5-8,11H,4,9-10,12H2,1H3,(H,23,25)(H2,21,24,26). The van der Waals surface area contributed by atoms with Gasteiger partial charge in [0.1, 0.15) is 5.82 Å². The molecule has 0 aliphatic heterocycles. The molecule has 0 spiro atoms. The van der Waals surface area contributed by atoms with E-state index in [1.807, 2.05) is 18.2 Å². The molecule has 9 heteroatoms. The molecule has 0 aliphatic carbocycles. The second-order valence-electron chi connectivity index (χ2n) is 5.38. The highest BCUT2D eigenvalue weighted by Gasteiger charge is 2.30. The smallest absolute Gasteiger partial charge is 0.370 e. The van der Waals surface area contributed by atoms with Crippen LogP contribution in [0.15, 0.2) is 47.7 Å². The molecule has 6 nitrogen and oxygen atoms in total. The number of pyridine rings is 2. The maximum atomic E-state index is 12.5. The summed E-state index contributed by atoms with van der Waals surface area (Å²) >= 11 is 0. The lowest BCUT2D eigenvalue weighted by molar-refractivity contribution is -0.137. The third-order valence-corrected chi connectivity index (χ3v) is 3.43. The first kappa shape index (κ1) is 19.5. The van der Waals surface area contributed by atoms with Crippen LogP contribution < -0.4 is 16.0 Å². The van der Waals surface area contributed by atoms with Crippen molar-refractivity contribution in [2.24, 2.45) is 4.99 Å². The minimum Gasteiger partial charge on any atom is -0.370 e. The lowest BCUT2D eigenvalue weighted by Crippen LogP contribution is -2.37. The van der Waals surface area contributed by atoms with E-state index in [9.17, 15) is 13.2 Å². The molecular formula is C17H21F3N6. The molecule has 0 saturated heterocycles. The van der Waals surface area contributed by atoms with Crippen molar-refractivity contribution in [2.45, 2.75) is 19.1 Å². The van der Waals surface area contributed by atoms with Crippen LogP contribution in [0, 0.1) is 0 Å². The monoisotopic (exact) mass is 366 g/mol. The summed E-state index contributed by atoms with van der Waals surface area (Å²) < 4.78 is 37.4. The van der Waals surface area contributed by atoms with Crippen LogP contribution in [-0.4, -0.2) is 36.1 Å². The fourth-order valence-electron chi connectivity index (χ4n) is 2.08. The Bertz CT molecular complexity index is 686. The van der Waals surface area contributed by atoms with Crippen LogP contribution in [0.2, 0.25) is 0 Å². The number of anilines is 1. The van der Waals surface area contributed by atoms with Crippen LogP contribution in [0.3, 0.4) is 0 Å². The third kappa shape index (κ3) is 6.58. The maximum absolute atomic E-state index is 12.5. The topological polar surface area (TPSA) is 74.2 Å². The molecule has 0 atom stereocenters. The fraction of sp³-hybridized carbons (Fsp3) is 0.353. The second-order valence-corrected chi connectivity index (χ2v) is 5.38. The molecule has 2 heterocycles. The average molecular weight is 366 g/mol. The molecule has 2 aromatic heterocycles. The van der Waals surface area contributed by atoms with Crippen LogP contribution in [0.25, 0.3) is 0 Å². The predicted octanol–water partition coefficient (Wildman–Crippen LogP) is 2.66. The summed E-state index contributed by atoms with van der Waals surface area (Å²) in [5.41, 5.74) is 0.151. The molecule has 26 heavy (non-hydrogen) atoms. The highest BCUT2D eigenvalue weighted by atomic mass is 19.4. The van der Waals surface area contributed by atoms with Crippen molar-refractivity contribution in [3.8, 4) is 0 Å². The van der Waals surface area contributed by atoms with E-state index in [-0.39, 0.29) is 0 Å². The van der Waals surface area contributed by atoms with Gasteiger partial charge in [-0.3, -0.25) is 9.98 Å². The average Bonchev–Trinajstić information content (AvgIpc) is 2.64. The Morgan fingerprint density at radius 1 is 1.08 bits per heavy atom. The summed E-state index contributed by atoms with van der Waals surface area (Å²) in [5.74, 6) is 1.07. The molecule has 0 aliphatic rings. The van der Waals surface area contributed by atoms with Gasteiger partial charge in [-0.05, 0) is 30.7 Å². The van der Waals surface area contributed by atoms with E-state index >= 15 is 0 Å². The SMILES string of the molecule is CN=C(NCCCNc1ccc(C(F)(F)F)cn1)NCc1ccccn1. The highest BCUT2D eigenvalue weighted by Crippen LogP contribution is 2.28. The van der Waals surface area contributed by atoms with Crippen molar-refractivity contribution in [1.29, 1.82) is 0 Å². The summed E-state index contributed by atoms with van der Waals surface area (Å²) in [4.78, 5) is 12.1. The molecule has 2 aromatic rings. The van der Waals surface area contributed by atoms with Crippen molar-refractivity contribution in [1.82, 2.24) is 20.6 Å². The number of aliphatic imine (C=N–C) groups is 1. The number of rotatable bonds is 7. The van der Waals surface area contributed by atoms with E-state index in [1.165, 1.54) is 6.07 Å². The van der Waals surface area contributed by atoms with E-state index in [2.05, 4.69) is 30.9 Å². The Labute approximate surface area is 150 Å². The van der Waals surface area contributed by atoms with Gasteiger partial charge in [0.15, 0.2) is 5.96 Å². The van der Waals surface area contributed by atoms with Gasteiger partial charge >= 0.3 is 6.18 Å². The van der Waals surface area contributed by atoms with E-state index in [1.54, 1.807) is 13.2 Å². The first-order valence-corrected chi connectivity index (χ1v) is 8.10. The van der Waals surface area contributed by atoms with Crippen LogP contribution in [0.5, 0.6) is 0 Å². The molecule has 0 saturated carbocycles. The second kappa shape index (κ2) is 9.59. The molecule has 0 fully saturated rings. The minimum absolute atomic E-state index is 0.413. The van der Waals surface area contributed by atoms with Crippen LogP contribution in [0.4, 0.5) is 19.0 Å². The van der Waals surface area contributed by atoms with Gasteiger partial charge in [-0.1, -0.05) is 6.07 Å². The Hall–Kier alpha value is -2.84. The van der Waals surface area contributed by atoms with Gasteiger partial charge in [-0.15, -0.1) is 0 Å². The van der Waals surface area contributed by atoms with Gasteiger partial charge in [-0.25, -0.2) is 4.98 Å². The number of guanidine groups is 1. The number of alkyl halides is 3. The number of hydrogen-bond acceptors (Lipinski definition) is 4. The van der Waals surface area contributed by atoms with Gasteiger partial charge in [0, 0.05) is 32.5 Å². The highest BCUT2D eigenvalue weighted by molar-refractivity contribution is 5.79. The minimum atomic E-state index is -4.37. The van der Waals surface area contributed by atoms with E-state index in [0.717, 1.165) is 24.4 Å². The molecule has 0 unspecified atom stereocenters. The molecule has 140 valence electrons. The van der Waals surface area contributed by atoms with Gasteiger partial charge in [0.2, 0.25) is 0 Å². The summed E-state index contributed by atoms with van der Waals surface area (Å²) in [5, 5.41) is 9.29. The van der Waals surface area contributed by atoms with E-state index in [4.69, 9.17) is 0 Å². The molecule has 2 rings (SSSR count). The quantitative estimate of drug-likeness (QED) is 0.399. The zero-order chi connectivity index (χ0) is 18.8. The molecule has 0 aromatic carbocycles. The third-order valence-electron chi connectivity index (χ3n) is 3.43. The van der Waals surface area contributed by atoms with Crippen molar-refractivity contribution in [3.63, 3.8) is 0 Å². The largest absolute Gasteiger partial charge is 0.417 e. The summed E-state index contributed by atoms with van der Waals surface area (Å²) in [7, 11) is 1.68. The summed E-state index contributed by atoms with van der Waals surface area (Å²) in [6.07, 6.45) is -1.07. The normalized spacial score (nSPS) is 11.9. The van der Waals surface area contributed by atoms with Gasteiger partial charge < -0.3 is 16.0 Å². The van der Waals surface area contributed by atoms with E-state index < -0.39 is 11.7 Å². The van der Waals surface area contributed by atoms with Crippen LogP contribution in [0.1, 0.15) is 17.7 Å². The fourth-order valence-corrected chi connectivity index (χ4v) is 2.08. The summed E-state index contributed by atoms with van der Waals surface area (Å²) in [6.45, 7) is 1.78. The Balaban J connectivity index is 1.64. The number of hydrogen-bond donors (Lipinski definition) is 3. The first-order valence-electron chi connectivity index (χ1n) is 8.10. The number of aromatic nitrogens is 2. The molecule has 0 bridgehead atoms. The van der Waals surface area contributed by atoms with Crippen molar-refractivity contribution < 1.29 is 13.2 Å². The van der Waals surface area contributed by atoms with E-state index in [0.29, 0.717) is 31.4 Å². The Morgan fingerprint density at radius 3 is 2.54 bits per heavy atom. The lowest BCUT2D eigenvalue weighted by Gasteiger charge is -2.12. The van der Waals surface area contributed by atoms with Gasteiger partial charge in [-0.2, -0.15) is 13.2 Å². The molecule has 3 N–H and O–H groups in total. The Morgan fingerprint density at radius 2 is 1.92 bits per heavy atom. The van der Waals surface area contributed by atoms with Crippen molar-refractivity contribution >= 4 is 11.8 Å². The number of nitrogens with zero attached hydrogens (tertiary/aromatic N) is 3. The lowest BCUT2D eigenvalue weighted by atomic mass is 10.3. The van der Waals surface area contributed by atoms with Crippen molar-refractivity contribution in [3.05, 3.63) is 54.0 Å². The molecule has 0 radical (unpaired) electrons. The van der Waals surface area contributed by atoms with Crippen LogP contribution >= 0.6 is 0 Å². The summed E-state index contributed by atoms with van der Waals surface area (Å²) in [6, 6.07) is 8.03. The molecule has 0 amide bonds. The number of nitrogens with one attached hydrogen (secondary N) is 3. The van der Waals surface area contributed by atoms with Crippen molar-refractivity contribution in [2.75, 3.05) is 25.5 Å². The first-order chi connectivity index (χ1) is 12.5. The van der Waals surface area contributed by atoms with Gasteiger partial charge in [0.05, 0.1) is 17.8 Å². The predicted molar refractivity (Wildman–Crippen MR) is 94.8 cm³/mol. The van der Waals surface area contributed by atoms with Crippen LogP contribution in [-0.2, 0) is 12.7 Å². The van der Waals surface area contributed by atoms with Gasteiger partial charge in [0.25, 0.3) is 0 Å². The zero-order valence-corrected chi connectivity index (χ0v) is 14.3. The molecular weight excluding hydrogens is 345 g/mol. The zero-order valence-electron chi connectivity index (χ0n) is 14.3. The maximum Gasteiger partial charge on any atom is 0.417 e. The number of halogens is 3.